The second kappa shape index (κ2) is 6.48. The molecule has 1 saturated carbocycles. The number of likely N-dealkylation sites (tertiary alicyclic amines) is 1. The monoisotopic (exact) mass is 327 g/mol. The Morgan fingerprint density at radius 1 is 1.33 bits per heavy atom. The highest BCUT2D eigenvalue weighted by atomic mass is 16.3. The number of hydrogen-bond acceptors (Lipinski definition) is 3. The van der Waals surface area contributed by atoms with Gasteiger partial charge in [0, 0.05) is 25.3 Å². The van der Waals surface area contributed by atoms with Crippen LogP contribution >= 0.6 is 0 Å². The van der Waals surface area contributed by atoms with E-state index in [0.29, 0.717) is 23.6 Å². The van der Waals surface area contributed by atoms with Crippen molar-refractivity contribution in [3.05, 3.63) is 48.2 Å². The van der Waals surface area contributed by atoms with Crippen molar-refractivity contribution in [2.24, 2.45) is 11.8 Å². The van der Waals surface area contributed by atoms with Gasteiger partial charge in [-0.15, -0.1) is 0 Å². The Kier molecular flexibility index (Phi) is 4.19. The molecule has 1 aliphatic heterocycles. The Morgan fingerprint density at radius 3 is 3.00 bits per heavy atom. The van der Waals surface area contributed by atoms with Crippen LogP contribution in [-0.2, 0) is 6.54 Å². The van der Waals surface area contributed by atoms with Crippen LogP contribution < -0.4 is 0 Å². The number of amides is 1. The summed E-state index contributed by atoms with van der Waals surface area (Å²) in [6, 6.07) is 8.25. The summed E-state index contributed by atoms with van der Waals surface area (Å²) < 4.78 is 5.50. The first-order chi connectivity index (χ1) is 11.7. The van der Waals surface area contributed by atoms with Crippen LogP contribution in [0.15, 0.2) is 41.1 Å². The molecule has 0 unspecified atom stereocenters. The molecule has 2 aliphatic rings. The molecule has 1 saturated heterocycles. The predicted octanol–water partition coefficient (Wildman–Crippen LogP) is 2.98. The lowest BCUT2D eigenvalue weighted by Crippen LogP contribution is -2.43. The van der Waals surface area contributed by atoms with Gasteiger partial charge in [0.1, 0.15) is 11.5 Å². The number of rotatable bonds is 4. The fourth-order valence-corrected chi connectivity index (χ4v) is 4.55. The zero-order valence-corrected chi connectivity index (χ0v) is 14.1. The maximum absolute atomic E-state index is 12.7. The third-order valence-corrected chi connectivity index (χ3v) is 5.73. The summed E-state index contributed by atoms with van der Waals surface area (Å²) in [5.41, 5.74) is 0.703. The molecule has 5 heteroatoms. The van der Waals surface area contributed by atoms with Crippen LogP contribution in [-0.4, -0.2) is 46.9 Å². The molecule has 0 radical (unpaired) electrons. The molecule has 0 aromatic carbocycles. The summed E-state index contributed by atoms with van der Waals surface area (Å²) in [4.78, 5) is 20.2. The van der Waals surface area contributed by atoms with Crippen molar-refractivity contribution in [2.45, 2.75) is 31.8 Å². The number of aromatic amines is 1. The van der Waals surface area contributed by atoms with Crippen LogP contribution in [0.5, 0.6) is 0 Å². The van der Waals surface area contributed by atoms with Gasteiger partial charge in [-0.2, -0.15) is 0 Å². The summed E-state index contributed by atoms with van der Waals surface area (Å²) in [5, 5.41) is 0. The highest BCUT2D eigenvalue weighted by Crippen LogP contribution is 2.39. The maximum Gasteiger partial charge on any atom is 0.270 e. The molecule has 24 heavy (non-hydrogen) atoms. The number of nitrogens with one attached hydrogen (secondary N) is 1. The van der Waals surface area contributed by atoms with Gasteiger partial charge in [-0.3, -0.25) is 9.69 Å². The van der Waals surface area contributed by atoms with Gasteiger partial charge in [0.05, 0.1) is 12.8 Å². The molecule has 2 aromatic heterocycles. The SMILES string of the molecule is CN(Cc1ccco1)[C@@H]1CCC[C@H]2CN(C(=O)c3ccc[nH]3)C[C@@H]21. The molecule has 3 atom stereocenters. The van der Waals surface area contributed by atoms with Crippen LogP contribution in [0.1, 0.15) is 35.5 Å². The largest absolute Gasteiger partial charge is 0.468 e. The van der Waals surface area contributed by atoms with E-state index in [1.807, 2.05) is 35.4 Å². The van der Waals surface area contributed by atoms with Gasteiger partial charge >= 0.3 is 0 Å². The van der Waals surface area contributed by atoms with Crippen LogP contribution in [0.2, 0.25) is 0 Å². The van der Waals surface area contributed by atoms with E-state index < -0.39 is 0 Å². The van der Waals surface area contributed by atoms with E-state index in [1.165, 1.54) is 19.3 Å². The first-order valence-corrected chi connectivity index (χ1v) is 8.87. The highest BCUT2D eigenvalue weighted by Gasteiger charge is 2.43. The molecule has 2 fully saturated rings. The van der Waals surface area contributed by atoms with Crippen LogP contribution in [0, 0.1) is 11.8 Å². The average Bonchev–Trinajstić information content (AvgIpc) is 3.33. The lowest BCUT2D eigenvalue weighted by Gasteiger charge is -2.38. The lowest BCUT2D eigenvalue weighted by atomic mass is 9.77. The zero-order chi connectivity index (χ0) is 16.5. The molecular weight excluding hydrogens is 302 g/mol. The fraction of sp³-hybridized carbons (Fsp3) is 0.526. The Bertz CT molecular complexity index is 665. The Labute approximate surface area is 142 Å². The van der Waals surface area contributed by atoms with Gasteiger partial charge in [-0.25, -0.2) is 0 Å². The Balaban J connectivity index is 1.45. The van der Waals surface area contributed by atoms with Gasteiger partial charge in [0.15, 0.2) is 0 Å². The second-order valence-electron chi connectivity index (χ2n) is 7.21. The predicted molar refractivity (Wildman–Crippen MR) is 91.5 cm³/mol. The van der Waals surface area contributed by atoms with Gasteiger partial charge in [-0.05, 0) is 56.0 Å². The van der Waals surface area contributed by atoms with Crippen molar-refractivity contribution in [3.8, 4) is 0 Å². The average molecular weight is 327 g/mol. The molecule has 1 N–H and O–H groups in total. The quantitative estimate of drug-likeness (QED) is 0.939. The molecule has 3 heterocycles. The van der Waals surface area contributed by atoms with Gasteiger partial charge < -0.3 is 14.3 Å². The van der Waals surface area contributed by atoms with Crippen LogP contribution in [0.25, 0.3) is 0 Å². The molecule has 0 spiro atoms. The summed E-state index contributed by atoms with van der Waals surface area (Å²) in [5.74, 6) is 2.35. The van der Waals surface area contributed by atoms with E-state index in [-0.39, 0.29) is 5.91 Å². The number of nitrogens with zero attached hydrogens (tertiary/aromatic N) is 2. The first-order valence-electron chi connectivity index (χ1n) is 8.87. The van der Waals surface area contributed by atoms with Gasteiger partial charge in [-0.1, -0.05) is 6.42 Å². The molecule has 2 aromatic rings. The smallest absolute Gasteiger partial charge is 0.270 e. The molecule has 0 bridgehead atoms. The standard InChI is InChI=1S/C19H25N3O2/c1-21(12-15-6-4-10-24-15)18-8-2-5-14-11-22(13-16(14)18)19(23)17-7-3-9-20-17/h3-4,6-7,9-10,14,16,18,20H,2,5,8,11-13H2,1H3/t14-,16-,18+/m0/s1. The normalized spacial score (nSPS) is 26.8. The molecule has 1 amide bonds. The zero-order valence-electron chi connectivity index (χ0n) is 14.1. The number of aromatic nitrogens is 1. The summed E-state index contributed by atoms with van der Waals surface area (Å²) in [6.45, 7) is 2.61. The number of carbonyl (C=O) groups excluding carboxylic acids is 1. The van der Waals surface area contributed by atoms with E-state index in [1.54, 1.807) is 6.26 Å². The number of carbonyl (C=O) groups is 1. The van der Waals surface area contributed by atoms with Gasteiger partial charge in [0.25, 0.3) is 5.91 Å². The minimum absolute atomic E-state index is 0.141. The third kappa shape index (κ3) is 2.88. The van der Waals surface area contributed by atoms with Crippen molar-refractivity contribution in [2.75, 3.05) is 20.1 Å². The molecule has 5 nitrogen and oxygen atoms in total. The van der Waals surface area contributed by atoms with Crippen LogP contribution in [0.3, 0.4) is 0 Å². The van der Waals surface area contributed by atoms with Crippen molar-refractivity contribution in [1.82, 2.24) is 14.8 Å². The summed E-state index contributed by atoms with van der Waals surface area (Å²) in [7, 11) is 2.19. The number of furan rings is 1. The molecular formula is C19H25N3O2. The number of hydrogen-bond donors (Lipinski definition) is 1. The maximum atomic E-state index is 12.7. The van der Waals surface area contributed by atoms with Crippen molar-refractivity contribution in [1.29, 1.82) is 0 Å². The van der Waals surface area contributed by atoms with E-state index in [0.717, 1.165) is 25.4 Å². The highest BCUT2D eigenvalue weighted by molar-refractivity contribution is 5.92. The second-order valence-corrected chi connectivity index (χ2v) is 7.21. The first kappa shape index (κ1) is 15.5. The van der Waals surface area contributed by atoms with Crippen molar-refractivity contribution < 1.29 is 9.21 Å². The van der Waals surface area contributed by atoms with Crippen LogP contribution in [0.4, 0.5) is 0 Å². The topological polar surface area (TPSA) is 52.5 Å². The van der Waals surface area contributed by atoms with E-state index in [2.05, 4.69) is 16.9 Å². The summed E-state index contributed by atoms with van der Waals surface area (Å²) in [6.07, 6.45) is 7.25. The number of H-pyrrole nitrogens is 1. The Morgan fingerprint density at radius 2 is 2.25 bits per heavy atom. The fourth-order valence-electron chi connectivity index (χ4n) is 4.55. The minimum Gasteiger partial charge on any atom is -0.468 e. The van der Waals surface area contributed by atoms with Gasteiger partial charge in [0.2, 0.25) is 0 Å². The van der Waals surface area contributed by atoms with Crippen molar-refractivity contribution in [3.63, 3.8) is 0 Å². The van der Waals surface area contributed by atoms with E-state index >= 15 is 0 Å². The third-order valence-electron chi connectivity index (χ3n) is 5.73. The van der Waals surface area contributed by atoms with Crippen molar-refractivity contribution >= 4 is 5.91 Å². The Hall–Kier alpha value is -2.01. The molecule has 4 rings (SSSR count). The number of fused-ring (bicyclic) bond motifs is 1. The molecule has 128 valence electrons. The van der Waals surface area contributed by atoms with E-state index in [4.69, 9.17) is 4.42 Å². The molecule has 1 aliphatic carbocycles. The minimum atomic E-state index is 0.141. The lowest BCUT2D eigenvalue weighted by molar-refractivity contribution is 0.0762. The van der Waals surface area contributed by atoms with E-state index in [9.17, 15) is 4.79 Å². The summed E-state index contributed by atoms with van der Waals surface area (Å²) >= 11 is 0.